The van der Waals surface area contributed by atoms with Crippen LogP contribution in [0.3, 0.4) is 0 Å². The molecule has 1 aromatic carbocycles. The van der Waals surface area contributed by atoms with Gasteiger partial charge in [0.15, 0.2) is 0 Å². The van der Waals surface area contributed by atoms with Crippen molar-refractivity contribution in [2.24, 2.45) is 5.92 Å². The number of benzene rings is 1. The first-order valence-corrected chi connectivity index (χ1v) is 6.22. The fraction of sp³-hybridized carbons (Fsp3) is 0.385. The van der Waals surface area contributed by atoms with Crippen LogP contribution in [0.25, 0.3) is 11.0 Å². The van der Waals surface area contributed by atoms with Gasteiger partial charge in [-0.05, 0) is 37.0 Å². The second-order valence-corrected chi connectivity index (χ2v) is 4.85. The molecule has 0 radical (unpaired) electrons. The molecule has 94 valence electrons. The van der Waals surface area contributed by atoms with E-state index in [1.165, 1.54) is 19.3 Å². The summed E-state index contributed by atoms with van der Waals surface area (Å²) in [5.74, 6) is 0.773. The minimum Gasteiger partial charge on any atom is -0.385 e. The number of fused-ring (bicyclic) bond motifs is 1. The van der Waals surface area contributed by atoms with Gasteiger partial charge < -0.3 is 15.3 Å². The number of aromatic amines is 2. The van der Waals surface area contributed by atoms with Crippen LogP contribution >= 0.6 is 0 Å². The molecule has 3 N–H and O–H groups in total. The van der Waals surface area contributed by atoms with Gasteiger partial charge in [-0.25, -0.2) is 0 Å². The van der Waals surface area contributed by atoms with Crippen molar-refractivity contribution in [2.45, 2.75) is 19.3 Å². The molecule has 5 heteroatoms. The number of H-pyrrole nitrogens is 2. The fourth-order valence-corrected chi connectivity index (χ4v) is 2.18. The molecule has 2 aromatic rings. The molecule has 1 aliphatic rings. The molecule has 0 spiro atoms. The average Bonchev–Trinajstić information content (AvgIpc) is 2.29. The largest absolute Gasteiger partial charge is 0.385 e. The van der Waals surface area contributed by atoms with Crippen molar-refractivity contribution in [3.8, 4) is 0 Å². The Balaban J connectivity index is 1.87. The average molecular weight is 245 g/mol. The highest BCUT2D eigenvalue weighted by Gasteiger charge is 2.16. The molecular weight excluding hydrogens is 230 g/mol. The molecule has 1 aromatic heterocycles. The summed E-state index contributed by atoms with van der Waals surface area (Å²) in [5, 5.41) is 3.36. The van der Waals surface area contributed by atoms with Crippen LogP contribution in [0.5, 0.6) is 0 Å². The SMILES string of the molecule is O=c1[nH]c2ccc(NCC3CCC3)cc2[nH]c1=O. The summed E-state index contributed by atoms with van der Waals surface area (Å²) in [4.78, 5) is 27.5. The van der Waals surface area contributed by atoms with E-state index in [9.17, 15) is 9.59 Å². The van der Waals surface area contributed by atoms with Gasteiger partial charge in [0.05, 0.1) is 11.0 Å². The van der Waals surface area contributed by atoms with E-state index in [0.29, 0.717) is 11.0 Å². The van der Waals surface area contributed by atoms with Crippen molar-refractivity contribution in [3.05, 3.63) is 38.9 Å². The topological polar surface area (TPSA) is 77.8 Å². The van der Waals surface area contributed by atoms with Gasteiger partial charge in [-0.3, -0.25) is 9.59 Å². The number of rotatable bonds is 3. The monoisotopic (exact) mass is 245 g/mol. The van der Waals surface area contributed by atoms with Gasteiger partial charge in [-0.2, -0.15) is 0 Å². The highest BCUT2D eigenvalue weighted by Crippen LogP contribution is 2.26. The Morgan fingerprint density at radius 3 is 2.50 bits per heavy atom. The first-order valence-electron chi connectivity index (χ1n) is 6.22. The van der Waals surface area contributed by atoms with E-state index in [1.807, 2.05) is 12.1 Å². The molecular formula is C13H15N3O2. The van der Waals surface area contributed by atoms with Gasteiger partial charge in [0.1, 0.15) is 0 Å². The highest BCUT2D eigenvalue weighted by atomic mass is 16.2. The summed E-state index contributed by atoms with van der Waals surface area (Å²) in [6, 6.07) is 5.57. The predicted octanol–water partition coefficient (Wildman–Crippen LogP) is 1.43. The Hall–Kier alpha value is -2.04. The Morgan fingerprint density at radius 1 is 1.11 bits per heavy atom. The third kappa shape index (κ3) is 2.03. The molecule has 0 amide bonds. The van der Waals surface area contributed by atoms with E-state index < -0.39 is 11.1 Å². The zero-order valence-electron chi connectivity index (χ0n) is 9.95. The maximum absolute atomic E-state index is 11.2. The molecule has 3 rings (SSSR count). The lowest BCUT2D eigenvalue weighted by atomic mass is 9.85. The van der Waals surface area contributed by atoms with E-state index in [4.69, 9.17) is 0 Å². The lowest BCUT2D eigenvalue weighted by Crippen LogP contribution is -2.28. The van der Waals surface area contributed by atoms with Crippen molar-refractivity contribution >= 4 is 16.7 Å². The molecule has 0 atom stereocenters. The van der Waals surface area contributed by atoms with Crippen LogP contribution in [0.15, 0.2) is 27.8 Å². The first-order chi connectivity index (χ1) is 8.72. The Labute approximate surface area is 103 Å². The number of hydrogen-bond acceptors (Lipinski definition) is 3. The second kappa shape index (κ2) is 4.33. The molecule has 0 saturated heterocycles. The maximum atomic E-state index is 11.2. The van der Waals surface area contributed by atoms with Crippen molar-refractivity contribution in [3.63, 3.8) is 0 Å². The predicted molar refractivity (Wildman–Crippen MR) is 71.0 cm³/mol. The van der Waals surface area contributed by atoms with E-state index >= 15 is 0 Å². The van der Waals surface area contributed by atoms with Crippen molar-refractivity contribution in [2.75, 3.05) is 11.9 Å². The van der Waals surface area contributed by atoms with Gasteiger partial charge in [0, 0.05) is 12.2 Å². The van der Waals surface area contributed by atoms with Crippen molar-refractivity contribution in [1.82, 2.24) is 9.97 Å². The smallest absolute Gasteiger partial charge is 0.314 e. The number of hydrogen-bond donors (Lipinski definition) is 3. The van der Waals surface area contributed by atoms with Crippen LogP contribution in [0.4, 0.5) is 5.69 Å². The lowest BCUT2D eigenvalue weighted by Gasteiger charge is -2.25. The maximum Gasteiger partial charge on any atom is 0.314 e. The molecule has 1 aliphatic carbocycles. The van der Waals surface area contributed by atoms with Crippen LogP contribution in [-0.2, 0) is 0 Å². The third-order valence-electron chi connectivity index (χ3n) is 3.54. The minimum atomic E-state index is -0.613. The quantitative estimate of drug-likeness (QED) is 0.716. The van der Waals surface area contributed by atoms with Crippen LogP contribution in [-0.4, -0.2) is 16.5 Å². The zero-order chi connectivity index (χ0) is 12.5. The Bertz CT molecular complexity index is 682. The number of nitrogens with one attached hydrogen (secondary N) is 3. The van der Waals surface area contributed by atoms with E-state index in [-0.39, 0.29) is 0 Å². The van der Waals surface area contributed by atoms with Crippen LogP contribution in [0.2, 0.25) is 0 Å². The van der Waals surface area contributed by atoms with Crippen LogP contribution in [0, 0.1) is 5.92 Å². The number of anilines is 1. The molecule has 0 bridgehead atoms. The van der Waals surface area contributed by atoms with Gasteiger partial charge >= 0.3 is 11.1 Å². The van der Waals surface area contributed by atoms with Gasteiger partial charge in [0.25, 0.3) is 0 Å². The minimum absolute atomic E-state index is 0.612. The summed E-state index contributed by atoms with van der Waals surface area (Å²) in [6.07, 6.45) is 3.92. The molecule has 0 aliphatic heterocycles. The van der Waals surface area contributed by atoms with Crippen LogP contribution in [0.1, 0.15) is 19.3 Å². The summed E-state index contributed by atoms with van der Waals surface area (Å²) < 4.78 is 0. The Morgan fingerprint density at radius 2 is 1.83 bits per heavy atom. The first kappa shape index (κ1) is 11.1. The summed E-state index contributed by atoms with van der Waals surface area (Å²) in [6.45, 7) is 0.971. The third-order valence-corrected chi connectivity index (χ3v) is 3.54. The van der Waals surface area contributed by atoms with Crippen molar-refractivity contribution in [1.29, 1.82) is 0 Å². The molecule has 1 saturated carbocycles. The Kier molecular flexibility index (Phi) is 2.66. The van der Waals surface area contributed by atoms with Gasteiger partial charge in [0.2, 0.25) is 0 Å². The van der Waals surface area contributed by atoms with E-state index in [2.05, 4.69) is 15.3 Å². The molecule has 18 heavy (non-hydrogen) atoms. The molecule has 1 heterocycles. The van der Waals surface area contributed by atoms with Crippen molar-refractivity contribution < 1.29 is 0 Å². The molecule has 5 nitrogen and oxygen atoms in total. The standard InChI is InChI=1S/C13H15N3O2/c17-12-13(18)16-11-6-9(4-5-10(11)15-12)14-7-8-2-1-3-8/h4-6,8,14H,1-3,7H2,(H,15,17)(H,16,18). The van der Waals surface area contributed by atoms with Gasteiger partial charge in [-0.15, -0.1) is 0 Å². The summed E-state index contributed by atoms with van der Waals surface area (Å²) in [7, 11) is 0. The molecule has 0 unspecified atom stereocenters. The van der Waals surface area contributed by atoms with E-state index in [0.717, 1.165) is 18.2 Å². The second-order valence-electron chi connectivity index (χ2n) is 4.85. The lowest BCUT2D eigenvalue weighted by molar-refractivity contribution is 0.333. The summed E-state index contributed by atoms with van der Waals surface area (Å²) in [5.41, 5.74) is 1.04. The van der Waals surface area contributed by atoms with E-state index in [1.54, 1.807) is 6.07 Å². The van der Waals surface area contributed by atoms with Gasteiger partial charge in [-0.1, -0.05) is 6.42 Å². The molecule has 1 fully saturated rings. The zero-order valence-corrected chi connectivity index (χ0v) is 9.95. The normalized spacial score (nSPS) is 15.6. The highest BCUT2D eigenvalue weighted by molar-refractivity contribution is 5.78. The number of aromatic nitrogens is 2. The summed E-state index contributed by atoms with van der Waals surface area (Å²) >= 11 is 0. The van der Waals surface area contributed by atoms with Crippen LogP contribution < -0.4 is 16.4 Å². The fourth-order valence-electron chi connectivity index (χ4n) is 2.18.